The van der Waals surface area contributed by atoms with Gasteiger partial charge < -0.3 is 19.9 Å². The van der Waals surface area contributed by atoms with Crippen LogP contribution in [0, 0.1) is 5.92 Å². The number of nitrogens with zero attached hydrogens (tertiary/aromatic N) is 6. The van der Waals surface area contributed by atoms with Gasteiger partial charge >= 0.3 is 0 Å². The molecular weight excluding hydrogens is 490 g/mol. The molecule has 0 spiro atoms. The van der Waals surface area contributed by atoms with E-state index in [0.29, 0.717) is 43.0 Å². The van der Waals surface area contributed by atoms with E-state index in [4.69, 9.17) is 21.3 Å². The second kappa shape index (κ2) is 10.4. The highest BCUT2D eigenvalue weighted by Crippen LogP contribution is 2.28. The quantitative estimate of drug-likeness (QED) is 0.377. The van der Waals surface area contributed by atoms with Crippen molar-refractivity contribution in [1.82, 2.24) is 25.1 Å². The van der Waals surface area contributed by atoms with Gasteiger partial charge in [0.05, 0.1) is 37.3 Å². The number of benzene rings is 1. The summed E-state index contributed by atoms with van der Waals surface area (Å²) in [5.74, 6) is 0.262. The number of halogens is 1. The summed E-state index contributed by atoms with van der Waals surface area (Å²) in [4.78, 5) is 38.5. The fraction of sp³-hybridized carbons (Fsp3) is 0.435. The number of carbonyl (C=O) groups excluding carboxylic acids is 2. The lowest BCUT2D eigenvalue weighted by Crippen LogP contribution is -2.37. The van der Waals surface area contributed by atoms with Gasteiger partial charge in [0.2, 0.25) is 11.8 Å². The van der Waals surface area contributed by atoms with Crippen LogP contribution in [0.1, 0.15) is 6.42 Å². The molecule has 1 unspecified atom stereocenters. The van der Waals surface area contributed by atoms with Gasteiger partial charge in [-0.15, -0.1) is 0 Å². The molecule has 12 heteroatoms. The zero-order valence-electron chi connectivity index (χ0n) is 19.3. The van der Waals surface area contributed by atoms with Crippen LogP contribution in [0.15, 0.2) is 35.6 Å². The maximum absolute atomic E-state index is 12.8. The molecule has 1 atom stereocenters. The SMILES string of the molecule is CSc1nc(N2CCOCC2)c2cnn(CCNC(=O)C3CC(=O)N(c4ccc(Cl)cc4)C3)c2n1. The predicted molar refractivity (Wildman–Crippen MR) is 135 cm³/mol. The fourth-order valence-electron chi connectivity index (χ4n) is 4.38. The minimum Gasteiger partial charge on any atom is -0.378 e. The largest absolute Gasteiger partial charge is 0.378 e. The molecule has 184 valence electrons. The number of anilines is 2. The van der Waals surface area contributed by atoms with Crippen LogP contribution in [-0.2, 0) is 20.9 Å². The highest BCUT2D eigenvalue weighted by Gasteiger charge is 2.35. The summed E-state index contributed by atoms with van der Waals surface area (Å²) < 4.78 is 7.27. The Bertz CT molecular complexity index is 1230. The molecule has 5 rings (SSSR count). The number of rotatable bonds is 7. The number of nitrogens with one attached hydrogen (secondary N) is 1. The minimum atomic E-state index is -0.397. The number of amides is 2. The first-order chi connectivity index (χ1) is 17.0. The van der Waals surface area contributed by atoms with E-state index in [-0.39, 0.29) is 18.2 Å². The van der Waals surface area contributed by atoms with Crippen molar-refractivity contribution in [1.29, 1.82) is 0 Å². The summed E-state index contributed by atoms with van der Waals surface area (Å²) in [7, 11) is 0. The zero-order chi connectivity index (χ0) is 24.4. The smallest absolute Gasteiger partial charge is 0.227 e. The molecule has 1 N–H and O–H groups in total. The van der Waals surface area contributed by atoms with Gasteiger partial charge in [0.25, 0.3) is 0 Å². The van der Waals surface area contributed by atoms with Gasteiger partial charge in [0.1, 0.15) is 5.82 Å². The molecule has 2 amide bonds. The Morgan fingerprint density at radius 2 is 2.00 bits per heavy atom. The van der Waals surface area contributed by atoms with Crippen LogP contribution in [0.4, 0.5) is 11.5 Å². The van der Waals surface area contributed by atoms with Gasteiger partial charge in [-0.25, -0.2) is 14.6 Å². The van der Waals surface area contributed by atoms with Crippen LogP contribution in [0.3, 0.4) is 0 Å². The van der Waals surface area contributed by atoms with Gasteiger partial charge in [-0.05, 0) is 30.5 Å². The van der Waals surface area contributed by atoms with E-state index in [1.165, 1.54) is 11.8 Å². The number of hydrogen-bond donors (Lipinski definition) is 1. The van der Waals surface area contributed by atoms with Crippen LogP contribution >= 0.6 is 23.4 Å². The highest BCUT2D eigenvalue weighted by molar-refractivity contribution is 7.98. The molecule has 2 saturated heterocycles. The van der Waals surface area contributed by atoms with Crippen LogP contribution in [0.2, 0.25) is 5.02 Å². The first-order valence-corrected chi connectivity index (χ1v) is 13.1. The number of hydrogen-bond acceptors (Lipinski definition) is 8. The molecule has 0 aliphatic carbocycles. The number of ether oxygens (including phenoxy) is 1. The molecule has 10 nitrogen and oxygen atoms in total. The number of morpholine rings is 1. The summed E-state index contributed by atoms with van der Waals surface area (Å²) in [5, 5.41) is 9.64. The lowest BCUT2D eigenvalue weighted by molar-refractivity contribution is -0.126. The molecule has 2 aliphatic rings. The van der Waals surface area contributed by atoms with Crippen molar-refractivity contribution in [3.63, 3.8) is 0 Å². The Morgan fingerprint density at radius 1 is 1.23 bits per heavy atom. The van der Waals surface area contributed by atoms with E-state index >= 15 is 0 Å². The number of fused-ring (bicyclic) bond motifs is 1. The third-order valence-electron chi connectivity index (χ3n) is 6.21. The van der Waals surface area contributed by atoms with Crippen LogP contribution in [-0.4, -0.2) is 77.2 Å². The second-order valence-electron chi connectivity index (χ2n) is 8.41. The molecule has 2 aromatic heterocycles. The monoisotopic (exact) mass is 515 g/mol. The Morgan fingerprint density at radius 3 is 2.74 bits per heavy atom. The van der Waals surface area contributed by atoms with Crippen molar-refractivity contribution in [2.24, 2.45) is 5.92 Å². The lowest BCUT2D eigenvalue weighted by atomic mass is 10.1. The van der Waals surface area contributed by atoms with Crippen LogP contribution < -0.4 is 15.1 Å². The third kappa shape index (κ3) is 5.07. The van der Waals surface area contributed by atoms with E-state index in [2.05, 4.69) is 20.3 Å². The summed E-state index contributed by atoms with van der Waals surface area (Å²) in [5.41, 5.74) is 1.49. The molecular formula is C23H26ClN7O3S. The summed E-state index contributed by atoms with van der Waals surface area (Å²) in [6, 6.07) is 7.06. The normalized spacial score (nSPS) is 18.5. The van der Waals surface area contributed by atoms with Crippen molar-refractivity contribution in [2.45, 2.75) is 18.1 Å². The number of thioether (sulfide) groups is 1. The van der Waals surface area contributed by atoms with Crippen LogP contribution in [0.5, 0.6) is 0 Å². The van der Waals surface area contributed by atoms with Gasteiger partial charge in [-0.2, -0.15) is 5.10 Å². The van der Waals surface area contributed by atoms with Crippen molar-refractivity contribution in [3.8, 4) is 0 Å². The van der Waals surface area contributed by atoms with Gasteiger partial charge in [-0.3, -0.25) is 9.59 Å². The first-order valence-electron chi connectivity index (χ1n) is 11.5. The molecule has 4 heterocycles. The number of carbonyl (C=O) groups is 2. The maximum atomic E-state index is 12.8. The second-order valence-corrected chi connectivity index (χ2v) is 9.62. The summed E-state index contributed by atoms with van der Waals surface area (Å²) >= 11 is 7.43. The minimum absolute atomic E-state index is 0.0671. The van der Waals surface area contributed by atoms with Gasteiger partial charge in [0.15, 0.2) is 10.8 Å². The Kier molecular flexibility index (Phi) is 7.07. The lowest BCUT2D eigenvalue weighted by Gasteiger charge is -2.28. The van der Waals surface area contributed by atoms with E-state index in [1.807, 2.05) is 6.26 Å². The topological polar surface area (TPSA) is 105 Å². The number of aromatic nitrogens is 4. The van der Waals surface area contributed by atoms with Crippen molar-refractivity contribution >= 4 is 57.7 Å². The molecule has 0 bridgehead atoms. The molecule has 2 aliphatic heterocycles. The Balaban J connectivity index is 1.23. The van der Waals surface area contributed by atoms with E-state index in [0.717, 1.165) is 35.6 Å². The van der Waals surface area contributed by atoms with Crippen molar-refractivity contribution < 1.29 is 14.3 Å². The highest BCUT2D eigenvalue weighted by atomic mass is 35.5. The Labute approximate surface area is 212 Å². The Hall–Kier alpha value is -2.89. The van der Waals surface area contributed by atoms with Crippen molar-refractivity contribution in [2.75, 3.05) is 55.4 Å². The van der Waals surface area contributed by atoms with Crippen molar-refractivity contribution in [3.05, 3.63) is 35.5 Å². The van der Waals surface area contributed by atoms with E-state index in [9.17, 15) is 9.59 Å². The summed E-state index contributed by atoms with van der Waals surface area (Å²) in [6.45, 7) is 4.07. The molecule has 1 aromatic carbocycles. The van der Waals surface area contributed by atoms with E-state index < -0.39 is 5.92 Å². The third-order valence-corrected chi connectivity index (χ3v) is 7.01. The maximum Gasteiger partial charge on any atom is 0.227 e. The predicted octanol–water partition coefficient (Wildman–Crippen LogP) is 2.21. The molecule has 35 heavy (non-hydrogen) atoms. The fourth-order valence-corrected chi connectivity index (χ4v) is 4.86. The average Bonchev–Trinajstić information content (AvgIpc) is 3.48. The summed E-state index contributed by atoms with van der Waals surface area (Å²) in [6.07, 6.45) is 3.92. The standard InChI is InChI=1S/C23H26ClN7O3S/c1-35-23-27-20(29-8-10-34-11-9-29)18-13-26-31(21(18)28-23)7-6-25-22(33)15-12-19(32)30(14-15)17-4-2-16(24)3-5-17/h2-5,13,15H,6-12,14H2,1H3,(H,25,33). The van der Waals surface area contributed by atoms with E-state index in [1.54, 1.807) is 40.0 Å². The average molecular weight is 516 g/mol. The first kappa shape index (κ1) is 23.8. The molecule has 2 fully saturated rings. The van der Waals surface area contributed by atoms with Gasteiger partial charge in [-0.1, -0.05) is 23.4 Å². The molecule has 3 aromatic rings. The van der Waals surface area contributed by atoms with Crippen LogP contribution in [0.25, 0.3) is 11.0 Å². The van der Waals surface area contributed by atoms with Gasteiger partial charge in [0, 0.05) is 43.3 Å². The zero-order valence-corrected chi connectivity index (χ0v) is 20.9. The molecule has 0 saturated carbocycles. The molecule has 0 radical (unpaired) electrons.